The predicted molar refractivity (Wildman–Crippen MR) is 107 cm³/mol. The van der Waals surface area contributed by atoms with Gasteiger partial charge < -0.3 is 9.64 Å². The predicted octanol–water partition coefficient (Wildman–Crippen LogP) is 4.03. The second-order valence-corrected chi connectivity index (χ2v) is 11.1. The average molecular weight is 382 g/mol. The zero-order valence-corrected chi connectivity index (χ0v) is 17.3. The van der Waals surface area contributed by atoms with Crippen LogP contribution in [0.2, 0.25) is 0 Å². The molecule has 0 unspecified atom stereocenters. The van der Waals surface area contributed by atoms with E-state index < -0.39 is 0 Å². The van der Waals surface area contributed by atoms with Gasteiger partial charge >= 0.3 is 5.97 Å². The summed E-state index contributed by atoms with van der Waals surface area (Å²) in [5, 5.41) is 0. The number of carbonyl (C=O) groups excluding carboxylic acids is 2. The van der Waals surface area contributed by atoms with Gasteiger partial charge in [0.1, 0.15) is 0 Å². The first-order valence-electron chi connectivity index (χ1n) is 10.7. The highest BCUT2D eigenvalue weighted by atomic mass is 16.5. The van der Waals surface area contributed by atoms with Crippen molar-refractivity contribution in [3.05, 3.63) is 35.4 Å². The second kappa shape index (κ2) is 5.84. The third kappa shape index (κ3) is 2.87. The van der Waals surface area contributed by atoms with Gasteiger partial charge in [0.05, 0.1) is 13.0 Å². The molecule has 2 saturated heterocycles. The number of hydrogen-bond acceptors (Lipinski definition) is 3. The summed E-state index contributed by atoms with van der Waals surface area (Å²) in [6.07, 6.45) is 4.60. The monoisotopic (exact) mass is 381 g/mol. The van der Waals surface area contributed by atoms with Gasteiger partial charge in [-0.3, -0.25) is 9.59 Å². The number of likely N-dealkylation sites (tertiary alicyclic amines) is 1. The first kappa shape index (κ1) is 18.2. The number of cyclic esters (lactones) is 1. The van der Waals surface area contributed by atoms with Crippen LogP contribution in [0.4, 0.5) is 0 Å². The molecule has 2 aliphatic carbocycles. The summed E-state index contributed by atoms with van der Waals surface area (Å²) in [6, 6.07) is 9.09. The van der Waals surface area contributed by atoms with Crippen molar-refractivity contribution in [2.24, 2.45) is 16.7 Å². The number of benzene rings is 1. The normalized spacial score (nSPS) is 27.9. The Balaban J connectivity index is 1.13. The molecule has 0 atom stereocenters. The Morgan fingerprint density at radius 1 is 1.11 bits per heavy atom. The molecule has 2 spiro atoms. The van der Waals surface area contributed by atoms with Crippen LogP contribution in [0.25, 0.3) is 0 Å². The molecular formula is C24H31NO3. The molecular weight excluding hydrogens is 350 g/mol. The number of ether oxygens (including phenoxy) is 1. The van der Waals surface area contributed by atoms with Gasteiger partial charge in [-0.1, -0.05) is 45.0 Å². The molecule has 4 heteroatoms. The van der Waals surface area contributed by atoms with Crippen LogP contribution in [0.3, 0.4) is 0 Å². The van der Waals surface area contributed by atoms with E-state index in [1.165, 1.54) is 24.0 Å². The molecule has 4 fully saturated rings. The summed E-state index contributed by atoms with van der Waals surface area (Å²) in [6.45, 7) is 9.18. The number of esters is 1. The summed E-state index contributed by atoms with van der Waals surface area (Å²) in [5.41, 5.74) is 3.41. The third-order valence-corrected chi connectivity index (χ3v) is 7.71. The molecule has 2 saturated carbocycles. The topological polar surface area (TPSA) is 46.6 Å². The first-order valence-corrected chi connectivity index (χ1v) is 10.7. The largest absolute Gasteiger partial charge is 0.465 e. The lowest BCUT2D eigenvalue weighted by molar-refractivity contribution is -0.163. The molecule has 1 aromatic rings. The molecule has 1 amide bonds. The molecule has 4 aliphatic rings. The Morgan fingerprint density at radius 2 is 1.82 bits per heavy atom. The summed E-state index contributed by atoms with van der Waals surface area (Å²) in [4.78, 5) is 26.2. The summed E-state index contributed by atoms with van der Waals surface area (Å²) in [7, 11) is 0. The number of rotatable bonds is 2. The highest BCUT2D eigenvalue weighted by Crippen LogP contribution is 2.58. The minimum absolute atomic E-state index is 0.0143. The second-order valence-electron chi connectivity index (χ2n) is 11.1. The van der Waals surface area contributed by atoms with E-state index in [-0.39, 0.29) is 22.7 Å². The lowest BCUT2D eigenvalue weighted by Gasteiger charge is -2.60. The van der Waals surface area contributed by atoms with Crippen molar-refractivity contribution in [1.82, 2.24) is 4.90 Å². The van der Waals surface area contributed by atoms with Gasteiger partial charge in [-0.15, -0.1) is 0 Å². The molecule has 0 aromatic heterocycles. The fourth-order valence-corrected chi connectivity index (χ4v) is 5.98. The smallest absolute Gasteiger partial charge is 0.306 e. The van der Waals surface area contributed by atoms with E-state index in [0.29, 0.717) is 30.3 Å². The Bertz CT molecular complexity index is 816. The Kier molecular flexibility index (Phi) is 3.80. The van der Waals surface area contributed by atoms with Crippen molar-refractivity contribution in [2.45, 2.75) is 64.2 Å². The van der Waals surface area contributed by atoms with Crippen molar-refractivity contribution in [1.29, 1.82) is 0 Å². The number of carbonyl (C=O) groups is 2. The van der Waals surface area contributed by atoms with Gasteiger partial charge in [0, 0.05) is 29.8 Å². The van der Waals surface area contributed by atoms with E-state index >= 15 is 0 Å². The van der Waals surface area contributed by atoms with Gasteiger partial charge in [-0.05, 0) is 48.1 Å². The molecule has 4 nitrogen and oxygen atoms in total. The molecule has 0 radical (unpaired) electrons. The third-order valence-electron chi connectivity index (χ3n) is 7.71. The lowest BCUT2D eigenvalue weighted by atomic mass is 9.55. The molecule has 5 rings (SSSR count). The fourth-order valence-electron chi connectivity index (χ4n) is 5.98. The van der Waals surface area contributed by atoms with E-state index in [4.69, 9.17) is 4.74 Å². The van der Waals surface area contributed by atoms with Gasteiger partial charge in [-0.25, -0.2) is 0 Å². The van der Waals surface area contributed by atoms with Gasteiger partial charge in [-0.2, -0.15) is 0 Å². The average Bonchev–Trinajstić information content (AvgIpc) is 2.92. The molecule has 2 heterocycles. The van der Waals surface area contributed by atoms with Crippen LogP contribution in [-0.4, -0.2) is 36.5 Å². The zero-order chi connectivity index (χ0) is 19.7. The van der Waals surface area contributed by atoms with Gasteiger partial charge in [0.25, 0.3) is 0 Å². The maximum atomic E-state index is 12.8. The molecule has 150 valence electrons. The summed E-state index contributed by atoms with van der Waals surface area (Å²) < 4.78 is 5.12. The van der Waals surface area contributed by atoms with E-state index in [1.54, 1.807) is 0 Å². The number of amides is 1. The van der Waals surface area contributed by atoms with E-state index in [9.17, 15) is 9.59 Å². The molecule has 1 aromatic carbocycles. The minimum Gasteiger partial charge on any atom is -0.465 e. The highest BCUT2D eigenvalue weighted by Gasteiger charge is 2.58. The van der Waals surface area contributed by atoms with Crippen LogP contribution in [0.5, 0.6) is 0 Å². The fraction of sp³-hybridized carbons (Fsp3) is 0.667. The Labute approximate surface area is 167 Å². The van der Waals surface area contributed by atoms with Crippen LogP contribution in [-0.2, 0) is 19.7 Å². The molecule has 28 heavy (non-hydrogen) atoms. The lowest BCUT2D eigenvalue weighted by Crippen LogP contribution is -2.65. The van der Waals surface area contributed by atoms with Crippen LogP contribution in [0.15, 0.2) is 24.3 Å². The Morgan fingerprint density at radius 3 is 2.43 bits per heavy atom. The summed E-state index contributed by atoms with van der Waals surface area (Å²) in [5.74, 6) is 0.984. The van der Waals surface area contributed by atoms with E-state index in [2.05, 4.69) is 49.9 Å². The first-order chi connectivity index (χ1) is 13.2. The quantitative estimate of drug-likeness (QED) is 0.727. The number of nitrogens with zero attached hydrogens (tertiary/aromatic N) is 1. The van der Waals surface area contributed by atoms with Crippen molar-refractivity contribution in [2.75, 3.05) is 19.7 Å². The van der Waals surface area contributed by atoms with Gasteiger partial charge in [0.2, 0.25) is 5.91 Å². The molecule has 0 N–H and O–H groups in total. The van der Waals surface area contributed by atoms with Crippen LogP contribution >= 0.6 is 0 Å². The van der Waals surface area contributed by atoms with E-state index in [0.717, 1.165) is 25.9 Å². The molecule has 0 bridgehead atoms. The Hall–Kier alpha value is -1.84. The van der Waals surface area contributed by atoms with Crippen LogP contribution in [0, 0.1) is 16.7 Å². The van der Waals surface area contributed by atoms with Crippen molar-refractivity contribution < 1.29 is 14.3 Å². The van der Waals surface area contributed by atoms with E-state index in [1.807, 2.05) is 0 Å². The minimum atomic E-state index is -0.0927. The molecule has 2 aliphatic heterocycles. The maximum absolute atomic E-state index is 12.8. The maximum Gasteiger partial charge on any atom is 0.306 e. The standard InChI is InChI=1S/C24H31NO3/c1-22(2,3)19-6-4-5-16(7-19)17-8-24(9-17)13-25(14-24)21(27)18-10-23(11-18)12-20(26)28-15-23/h4-7,17-18H,8-15H2,1-3H3. The van der Waals surface area contributed by atoms with Crippen molar-refractivity contribution >= 4 is 11.9 Å². The van der Waals surface area contributed by atoms with Crippen molar-refractivity contribution in [3.8, 4) is 0 Å². The van der Waals surface area contributed by atoms with Crippen LogP contribution in [0.1, 0.15) is 69.9 Å². The van der Waals surface area contributed by atoms with Gasteiger partial charge in [0.15, 0.2) is 0 Å². The zero-order valence-electron chi connectivity index (χ0n) is 17.3. The van der Waals surface area contributed by atoms with Crippen molar-refractivity contribution in [3.63, 3.8) is 0 Å². The van der Waals surface area contributed by atoms with Crippen LogP contribution < -0.4 is 0 Å². The summed E-state index contributed by atoms with van der Waals surface area (Å²) >= 11 is 0. The SMILES string of the molecule is CC(C)(C)c1cccc(C2CC3(C2)CN(C(=O)C2CC4(COC(=O)C4)C2)C3)c1. The highest BCUT2D eigenvalue weighted by molar-refractivity contribution is 5.82. The number of hydrogen-bond donors (Lipinski definition) is 0.